The second-order valence-corrected chi connectivity index (χ2v) is 7.55. The first-order chi connectivity index (χ1) is 12.5. The lowest BCUT2D eigenvalue weighted by molar-refractivity contribution is -0.119. The lowest BCUT2D eigenvalue weighted by atomic mass is 10.1. The molecule has 140 valence electrons. The standard InChI is InChI=1S/C19H24N2O4S/c1-2-25-18-10-8-17(9-11-18)15-26(23,24)21-14-19(22)20-13-12-16-6-4-3-5-7-16/h3-11,21H,2,12-15H2,1H3,(H,20,22). The Morgan fingerprint density at radius 1 is 1.00 bits per heavy atom. The number of amides is 1. The molecule has 0 aliphatic carbocycles. The van der Waals surface area contributed by atoms with E-state index in [-0.39, 0.29) is 18.2 Å². The van der Waals surface area contributed by atoms with Gasteiger partial charge in [0.1, 0.15) is 5.75 Å². The maximum absolute atomic E-state index is 12.1. The summed E-state index contributed by atoms with van der Waals surface area (Å²) in [6.07, 6.45) is 0.700. The average molecular weight is 376 g/mol. The number of ether oxygens (including phenoxy) is 1. The van der Waals surface area contributed by atoms with E-state index in [1.165, 1.54) is 0 Å². The van der Waals surface area contributed by atoms with Crippen LogP contribution in [0.15, 0.2) is 54.6 Å². The summed E-state index contributed by atoms with van der Waals surface area (Å²) in [7, 11) is -3.58. The van der Waals surface area contributed by atoms with Gasteiger partial charge in [-0.1, -0.05) is 42.5 Å². The highest BCUT2D eigenvalue weighted by Crippen LogP contribution is 2.13. The van der Waals surface area contributed by atoms with Gasteiger partial charge in [-0.25, -0.2) is 13.1 Å². The minimum absolute atomic E-state index is 0.184. The summed E-state index contributed by atoms with van der Waals surface area (Å²) >= 11 is 0. The minimum Gasteiger partial charge on any atom is -0.494 e. The van der Waals surface area contributed by atoms with E-state index in [2.05, 4.69) is 10.0 Å². The summed E-state index contributed by atoms with van der Waals surface area (Å²) in [5.41, 5.74) is 1.74. The fourth-order valence-corrected chi connectivity index (χ4v) is 3.43. The number of rotatable bonds is 10. The molecule has 0 saturated heterocycles. The quantitative estimate of drug-likeness (QED) is 0.663. The van der Waals surface area contributed by atoms with Crippen molar-refractivity contribution < 1.29 is 17.9 Å². The highest BCUT2D eigenvalue weighted by molar-refractivity contribution is 7.88. The van der Waals surface area contributed by atoms with Crippen LogP contribution in [0.3, 0.4) is 0 Å². The van der Waals surface area contributed by atoms with Crippen molar-refractivity contribution in [3.8, 4) is 5.75 Å². The molecule has 1 amide bonds. The fraction of sp³-hybridized carbons (Fsp3) is 0.316. The molecule has 6 nitrogen and oxygen atoms in total. The van der Waals surface area contributed by atoms with Gasteiger partial charge in [-0.3, -0.25) is 4.79 Å². The molecule has 0 saturated carbocycles. The van der Waals surface area contributed by atoms with Crippen LogP contribution >= 0.6 is 0 Å². The van der Waals surface area contributed by atoms with Crippen molar-refractivity contribution in [1.29, 1.82) is 0 Å². The van der Waals surface area contributed by atoms with E-state index in [1.807, 2.05) is 37.3 Å². The van der Waals surface area contributed by atoms with Gasteiger partial charge in [0, 0.05) is 6.54 Å². The van der Waals surface area contributed by atoms with E-state index in [0.29, 0.717) is 30.9 Å². The number of hydrogen-bond acceptors (Lipinski definition) is 4. The van der Waals surface area contributed by atoms with Gasteiger partial charge < -0.3 is 10.1 Å². The summed E-state index contributed by atoms with van der Waals surface area (Å²) in [5.74, 6) is 0.159. The van der Waals surface area contributed by atoms with Crippen molar-refractivity contribution in [2.24, 2.45) is 0 Å². The van der Waals surface area contributed by atoms with Crippen LogP contribution in [0.25, 0.3) is 0 Å². The zero-order valence-corrected chi connectivity index (χ0v) is 15.6. The molecule has 0 bridgehead atoms. The Morgan fingerprint density at radius 2 is 1.69 bits per heavy atom. The fourth-order valence-electron chi connectivity index (χ4n) is 2.35. The molecule has 0 radical (unpaired) electrons. The molecule has 0 spiro atoms. The second-order valence-electron chi connectivity index (χ2n) is 5.74. The molecule has 2 aromatic rings. The summed E-state index contributed by atoms with van der Waals surface area (Å²) in [4.78, 5) is 11.8. The average Bonchev–Trinajstić information content (AvgIpc) is 2.63. The molecular formula is C19H24N2O4S. The molecule has 2 N–H and O–H groups in total. The van der Waals surface area contributed by atoms with Crippen LogP contribution in [0.4, 0.5) is 0 Å². The summed E-state index contributed by atoms with van der Waals surface area (Å²) in [6.45, 7) is 2.63. The molecule has 0 atom stereocenters. The SMILES string of the molecule is CCOc1ccc(CS(=O)(=O)NCC(=O)NCCc2ccccc2)cc1. The summed E-state index contributed by atoms with van der Waals surface area (Å²) in [5, 5.41) is 2.71. The van der Waals surface area contributed by atoms with Crippen molar-refractivity contribution in [3.05, 3.63) is 65.7 Å². The normalized spacial score (nSPS) is 11.1. The van der Waals surface area contributed by atoms with Crippen molar-refractivity contribution in [1.82, 2.24) is 10.0 Å². The molecule has 0 unspecified atom stereocenters. The highest BCUT2D eigenvalue weighted by atomic mass is 32.2. The molecule has 7 heteroatoms. The van der Waals surface area contributed by atoms with Gasteiger partial charge in [-0.2, -0.15) is 0 Å². The van der Waals surface area contributed by atoms with E-state index < -0.39 is 10.0 Å². The van der Waals surface area contributed by atoms with Crippen molar-refractivity contribution in [2.75, 3.05) is 19.7 Å². The van der Waals surface area contributed by atoms with E-state index in [9.17, 15) is 13.2 Å². The topological polar surface area (TPSA) is 84.5 Å². The minimum atomic E-state index is -3.58. The maximum atomic E-state index is 12.1. The predicted octanol–water partition coefficient (Wildman–Crippen LogP) is 1.86. The Hall–Kier alpha value is -2.38. The van der Waals surface area contributed by atoms with Crippen LogP contribution < -0.4 is 14.8 Å². The Labute approximate surface area is 154 Å². The Kier molecular flexibility index (Phi) is 7.62. The van der Waals surface area contributed by atoms with Crippen molar-refractivity contribution in [3.63, 3.8) is 0 Å². The maximum Gasteiger partial charge on any atom is 0.235 e. The first-order valence-electron chi connectivity index (χ1n) is 8.48. The monoisotopic (exact) mass is 376 g/mol. The van der Waals surface area contributed by atoms with Crippen molar-refractivity contribution in [2.45, 2.75) is 19.1 Å². The zero-order chi connectivity index (χ0) is 18.8. The van der Waals surface area contributed by atoms with E-state index in [4.69, 9.17) is 4.74 Å². The van der Waals surface area contributed by atoms with Gasteiger partial charge in [0.15, 0.2) is 0 Å². The Morgan fingerprint density at radius 3 is 2.35 bits per heavy atom. The van der Waals surface area contributed by atoms with Crippen LogP contribution in [0.5, 0.6) is 5.75 Å². The molecule has 26 heavy (non-hydrogen) atoms. The van der Waals surface area contributed by atoms with Crippen LogP contribution in [-0.4, -0.2) is 34.0 Å². The van der Waals surface area contributed by atoms with Gasteiger partial charge >= 0.3 is 0 Å². The number of carbonyl (C=O) groups is 1. The van der Waals surface area contributed by atoms with Gasteiger partial charge in [0.25, 0.3) is 0 Å². The first kappa shape index (κ1) is 19.9. The molecule has 2 rings (SSSR count). The van der Waals surface area contributed by atoms with Gasteiger partial charge in [0.2, 0.25) is 15.9 Å². The largest absolute Gasteiger partial charge is 0.494 e. The second kappa shape index (κ2) is 9.94. The number of sulfonamides is 1. The molecule has 0 heterocycles. The number of nitrogens with one attached hydrogen (secondary N) is 2. The van der Waals surface area contributed by atoms with Crippen LogP contribution in [0, 0.1) is 0 Å². The van der Waals surface area contributed by atoms with Crippen LogP contribution in [0.2, 0.25) is 0 Å². The van der Waals surface area contributed by atoms with E-state index in [1.54, 1.807) is 24.3 Å². The smallest absolute Gasteiger partial charge is 0.235 e. The molecule has 0 aromatic heterocycles. The van der Waals surface area contributed by atoms with Gasteiger partial charge in [-0.05, 0) is 36.6 Å². The molecule has 2 aromatic carbocycles. The van der Waals surface area contributed by atoms with Crippen molar-refractivity contribution >= 4 is 15.9 Å². The third-order valence-corrected chi connectivity index (χ3v) is 4.92. The third-order valence-electron chi connectivity index (χ3n) is 3.62. The van der Waals surface area contributed by atoms with Crippen LogP contribution in [0.1, 0.15) is 18.1 Å². The van der Waals surface area contributed by atoms with Gasteiger partial charge in [-0.15, -0.1) is 0 Å². The third kappa shape index (κ3) is 7.25. The lowest BCUT2D eigenvalue weighted by Crippen LogP contribution is -2.38. The Bertz CT molecular complexity index is 790. The summed E-state index contributed by atoms with van der Waals surface area (Å²) in [6, 6.07) is 16.6. The number of hydrogen-bond donors (Lipinski definition) is 2. The Balaban J connectivity index is 1.73. The lowest BCUT2D eigenvalue weighted by Gasteiger charge is -2.09. The van der Waals surface area contributed by atoms with E-state index >= 15 is 0 Å². The zero-order valence-electron chi connectivity index (χ0n) is 14.8. The number of benzene rings is 2. The first-order valence-corrected chi connectivity index (χ1v) is 10.1. The molecular weight excluding hydrogens is 352 g/mol. The summed E-state index contributed by atoms with van der Waals surface area (Å²) < 4.78 is 31.8. The predicted molar refractivity (Wildman–Crippen MR) is 101 cm³/mol. The van der Waals surface area contributed by atoms with Crippen LogP contribution in [-0.2, 0) is 27.0 Å². The molecule has 0 fully saturated rings. The number of carbonyl (C=O) groups excluding carboxylic acids is 1. The highest BCUT2D eigenvalue weighted by Gasteiger charge is 2.13. The molecule has 0 aliphatic rings. The van der Waals surface area contributed by atoms with E-state index in [0.717, 1.165) is 5.56 Å². The molecule has 0 aliphatic heterocycles. The van der Waals surface area contributed by atoms with Gasteiger partial charge in [0.05, 0.1) is 18.9 Å².